The summed E-state index contributed by atoms with van der Waals surface area (Å²) < 4.78 is 0. The number of rotatable bonds is 5. The number of amides is 1. The number of carbonyl (C=O) groups excluding carboxylic acids is 1. The van der Waals surface area contributed by atoms with Gasteiger partial charge in [0.05, 0.1) is 10.7 Å². The fourth-order valence-electron chi connectivity index (χ4n) is 7.09. The average Bonchev–Trinajstić information content (AvgIpc) is 3.33. The molecule has 0 spiro atoms. The molecule has 3 aliphatic rings. The number of anilines is 1. The highest BCUT2D eigenvalue weighted by atomic mass is 35.5. The molecule has 1 aromatic carbocycles. The second kappa shape index (κ2) is 9.15. The Morgan fingerprint density at radius 3 is 2.97 bits per heavy atom. The van der Waals surface area contributed by atoms with Gasteiger partial charge in [0.1, 0.15) is 12.9 Å². The van der Waals surface area contributed by atoms with Crippen LogP contribution >= 0.6 is 22.9 Å². The number of thiazole rings is 1. The van der Waals surface area contributed by atoms with Crippen LogP contribution in [0.1, 0.15) is 67.4 Å². The van der Waals surface area contributed by atoms with Crippen LogP contribution in [-0.4, -0.2) is 28.8 Å². The topological polar surface area (TPSA) is 83.8 Å². The zero-order chi connectivity index (χ0) is 24.0. The van der Waals surface area contributed by atoms with Gasteiger partial charge >= 0.3 is 0 Å². The van der Waals surface area contributed by atoms with Crippen molar-refractivity contribution in [1.82, 2.24) is 4.98 Å². The molecule has 5 atom stereocenters. The quantitative estimate of drug-likeness (QED) is 0.470. The van der Waals surface area contributed by atoms with E-state index >= 15 is 0 Å². The molecule has 2 N–H and O–H groups in total. The van der Waals surface area contributed by atoms with Crippen molar-refractivity contribution in [3.05, 3.63) is 39.4 Å². The number of aryl methyl sites for hydroxylation is 2. The minimum absolute atomic E-state index is 0.0110. The van der Waals surface area contributed by atoms with Crippen LogP contribution in [0, 0.1) is 30.1 Å². The van der Waals surface area contributed by atoms with Crippen LogP contribution in [0.15, 0.2) is 23.5 Å². The van der Waals surface area contributed by atoms with Gasteiger partial charge in [-0.3, -0.25) is 4.79 Å². The number of fused-ring (bicyclic) bond motifs is 5. The van der Waals surface area contributed by atoms with Crippen LogP contribution < -0.4 is 5.32 Å². The highest BCUT2D eigenvalue weighted by Crippen LogP contribution is 2.62. The van der Waals surface area contributed by atoms with E-state index in [0.29, 0.717) is 40.2 Å². The van der Waals surface area contributed by atoms with Crippen molar-refractivity contribution in [2.75, 3.05) is 12.4 Å². The molecule has 6 nitrogen and oxygen atoms in total. The number of benzene rings is 1. The Balaban J connectivity index is 1.39. The minimum Gasteiger partial charge on any atom is -0.506 e. The molecule has 2 saturated carbocycles. The van der Waals surface area contributed by atoms with E-state index in [9.17, 15) is 9.90 Å². The fraction of sp³-hybridized carbons (Fsp3) is 0.577. The molecule has 182 valence electrons. The number of hydrogen-bond acceptors (Lipinski definition) is 6. The smallest absolute Gasteiger partial charge is 0.226 e. The number of oxime groups is 1. The number of nitrogens with zero attached hydrogens (tertiary/aromatic N) is 2. The molecule has 3 aliphatic carbocycles. The Morgan fingerprint density at radius 2 is 2.24 bits per heavy atom. The number of aromatic nitrogens is 1. The van der Waals surface area contributed by atoms with E-state index in [4.69, 9.17) is 16.4 Å². The molecule has 0 saturated heterocycles. The summed E-state index contributed by atoms with van der Waals surface area (Å²) >= 11 is 7.83. The highest BCUT2D eigenvalue weighted by molar-refractivity contribution is 7.15. The zero-order valence-corrected chi connectivity index (χ0v) is 21.5. The molecule has 0 aliphatic heterocycles. The third-order valence-electron chi connectivity index (χ3n) is 8.48. The molecule has 2 aromatic rings. The molecule has 5 unspecified atom stereocenters. The van der Waals surface area contributed by atoms with E-state index in [-0.39, 0.29) is 17.1 Å². The van der Waals surface area contributed by atoms with Gasteiger partial charge in [-0.15, -0.1) is 11.3 Å². The van der Waals surface area contributed by atoms with E-state index in [1.54, 1.807) is 13.3 Å². The Morgan fingerprint density at radius 1 is 1.41 bits per heavy atom. The van der Waals surface area contributed by atoms with Gasteiger partial charge in [-0.2, -0.15) is 0 Å². The maximum absolute atomic E-state index is 12.7. The number of phenols is 1. The Kier molecular flexibility index (Phi) is 6.36. The third kappa shape index (κ3) is 4.11. The lowest BCUT2D eigenvalue weighted by molar-refractivity contribution is -0.116. The van der Waals surface area contributed by atoms with Crippen LogP contribution in [0.25, 0.3) is 0 Å². The maximum Gasteiger partial charge on any atom is 0.226 e. The van der Waals surface area contributed by atoms with Crippen LogP contribution in [0.3, 0.4) is 0 Å². The van der Waals surface area contributed by atoms with Crippen molar-refractivity contribution in [3.8, 4) is 5.75 Å². The first-order chi connectivity index (χ1) is 16.3. The SMILES string of the molecule is CON=C1CC(CCC(=O)Nc2ncc(C)s2)C2C3CCc4cc(O)c(Cl)cc4C3CCC12C. The first-order valence-electron chi connectivity index (χ1n) is 12.1. The van der Waals surface area contributed by atoms with E-state index in [2.05, 4.69) is 22.4 Å². The molecule has 0 radical (unpaired) electrons. The summed E-state index contributed by atoms with van der Waals surface area (Å²) in [6.45, 7) is 4.34. The molecule has 2 fully saturated rings. The van der Waals surface area contributed by atoms with Crippen LogP contribution in [0.2, 0.25) is 5.02 Å². The van der Waals surface area contributed by atoms with E-state index < -0.39 is 0 Å². The summed E-state index contributed by atoms with van der Waals surface area (Å²) in [6.07, 6.45) is 8.11. The molecular weight excluding hydrogens is 470 g/mol. The lowest BCUT2D eigenvalue weighted by Gasteiger charge is -2.50. The predicted molar refractivity (Wildman–Crippen MR) is 136 cm³/mol. The van der Waals surface area contributed by atoms with Gasteiger partial charge in [0.15, 0.2) is 5.13 Å². The first-order valence-corrected chi connectivity index (χ1v) is 13.3. The van der Waals surface area contributed by atoms with Crippen molar-refractivity contribution < 1.29 is 14.7 Å². The largest absolute Gasteiger partial charge is 0.506 e. The van der Waals surface area contributed by atoms with Gasteiger partial charge in [-0.05, 0) is 92.4 Å². The number of halogens is 1. The predicted octanol–water partition coefficient (Wildman–Crippen LogP) is 6.31. The molecule has 34 heavy (non-hydrogen) atoms. The standard InChI is InChI=1S/C26H32ClN3O3S/c1-14-13-28-25(34-14)29-23(32)7-5-16-11-22(30-33-3)26(2)9-8-17-18(24(16)26)6-4-15-10-21(31)20(27)12-19(15)17/h10,12-13,16-18,24,31H,4-9,11H2,1-3H3,(H,28,29,32). The van der Waals surface area contributed by atoms with Crippen molar-refractivity contribution >= 4 is 39.7 Å². The van der Waals surface area contributed by atoms with Gasteiger partial charge in [-0.1, -0.05) is 23.7 Å². The van der Waals surface area contributed by atoms with Gasteiger partial charge < -0.3 is 15.3 Å². The second-order valence-electron chi connectivity index (χ2n) is 10.3. The van der Waals surface area contributed by atoms with Gasteiger partial charge in [0.2, 0.25) is 5.91 Å². The van der Waals surface area contributed by atoms with Gasteiger partial charge in [-0.25, -0.2) is 4.98 Å². The Bertz CT molecular complexity index is 1130. The van der Waals surface area contributed by atoms with Crippen LogP contribution in [-0.2, 0) is 16.1 Å². The summed E-state index contributed by atoms with van der Waals surface area (Å²) in [7, 11) is 1.62. The van der Waals surface area contributed by atoms with Gasteiger partial charge in [0, 0.05) is 22.9 Å². The Labute approximate surface area is 209 Å². The summed E-state index contributed by atoms with van der Waals surface area (Å²) in [5, 5.41) is 18.7. The highest BCUT2D eigenvalue weighted by Gasteiger charge is 2.57. The van der Waals surface area contributed by atoms with Crippen LogP contribution in [0.5, 0.6) is 5.75 Å². The minimum atomic E-state index is -0.0110. The number of aromatic hydroxyl groups is 1. The number of carbonyl (C=O) groups is 1. The molecule has 1 aromatic heterocycles. The van der Waals surface area contributed by atoms with E-state index in [1.165, 1.54) is 22.5 Å². The van der Waals surface area contributed by atoms with Crippen molar-refractivity contribution in [3.63, 3.8) is 0 Å². The molecule has 1 heterocycles. The second-order valence-corrected chi connectivity index (χ2v) is 12.0. The Hall–Kier alpha value is -2.12. The van der Waals surface area contributed by atoms with Crippen molar-refractivity contribution in [1.29, 1.82) is 0 Å². The number of phenolic OH excluding ortho intramolecular Hbond substituents is 1. The molecule has 0 bridgehead atoms. The lowest BCUT2D eigenvalue weighted by atomic mass is 9.54. The summed E-state index contributed by atoms with van der Waals surface area (Å²) in [4.78, 5) is 23.3. The summed E-state index contributed by atoms with van der Waals surface area (Å²) in [5.41, 5.74) is 3.66. The fourth-order valence-corrected chi connectivity index (χ4v) is 7.94. The third-order valence-corrected chi connectivity index (χ3v) is 9.61. The average molecular weight is 502 g/mol. The van der Waals surface area contributed by atoms with Crippen molar-refractivity contribution in [2.45, 2.75) is 64.7 Å². The normalized spacial score (nSPS) is 31.0. The van der Waals surface area contributed by atoms with Crippen LogP contribution in [0.4, 0.5) is 5.13 Å². The van der Waals surface area contributed by atoms with E-state index in [1.807, 2.05) is 19.1 Å². The summed E-state index contributed by atoms with van der Waals surface area (Å²) in [5.74, 6) is 1.95. The summed E-state index contributed by atoms with van der Waals surface area (Å²) in [6, 6.07) is 3.85. The van der Waals surface area contributed by atoms with Crippen molar-refractivity contribution in [2.24, 2.45) is 28.3 Å². The van der Waals surface area contributed by atoms with E-state index in [0.717, 1.165) is 49.1 Å². The molecule has 8 heteroatoms. The maximum atomic E-state index is 12.7. The number of nitrogens with one attached hydrogen (secondary N) is 1. The molecule has 1 amide bonds. The molecule has 5 rings (SSSR count). The first kappa shape index (κ1) is 23.6. The zero-order valence-electron chi connectivity index (χ0n) is 19.9. The number of hydrogen-bond donors (Lipinski definition) is 2. The lowest BCUT2D eigenvalue weighted by Crippen LogP contribution is -2.44. The molecular formula is C26H32ClN3O3S. The monoisotopic (exact) mass is 501 g/mol. The van der Waals surface area contributed by atoms with Gasteiger partial charge in [0.25, 0.3) is 0 Å².